The number of aliphatic hydroxyl groups excluding tert-OH is 1. The van der Waals surface area contributed by atoms with Gasteiger partial charge in [0.1, 0.15) is 0 Å². The minimum atomic E-state index is -0.182. The van der Waals surface area contributed by atoms with Gasteiger partial charge in [-0.05, 0) is 13.3 Å². The molecule has 1 unspecified atom stereocenters. The predicted octanol–water partition coefficient (Wildman–Crippen LogP) is 0.881. The molecule has 1 aliphatic rings. The highest BCUT2D eigenvalue weighted by atomic mass is 16.3. The summed E-state index contributed by atoms with van der Waals surface area (Å²) in [7, 11) is 0. The Hall–Kier alpha value is -0.570. The van der Waals surface area contributed by atoms with Crippen LogP contribution in [0.2, 0.25) is 0 Å². The van der Waals surface area contributed by atoms with Crippen LogP contribution < -0.4 is 0 Å². The summed E-state index contributed by atoms with van der Waals surface area (Å²) in [6.45, 7) is 6.72. The van der Waals surface area contributed by atoms with E-state index in [2.05, 4.69) is 16.8 Å². The minimum absolute atomic E-state index is 0.182. The zero-order valence-corrected chi connectivity index (χ0v) is 7.95. The maximum atomic E-state index is 9.53. The summed E-state index contributed by atoms with van der Waals surface area (Å²) in [5.74, 6) is 1.07. The normalized spacial score (nSPS) is 19.6. The van der Waals surface area contributed by atoms with Gasteiger partial charge >= 0.3 is 0 Å². The van der Waals surface area contributed by atoms with Gasteiger partial charge in [-0.25, -0.2) is 0 Å². The highest BCUT2D eigenvalue weighted by molar-refractivity contribution is 5.81. The average molecular weight is 170 g/mol. The number of hydrogen-bond acceptors (Lipinski definition) is 3. The van der Waals surface area contributed by atoms with E-state index < -0.39 is 0 Å². The summed E-state index contributed by atoms with van der Waals surface area (Å²) >= 11 is 0. The summed E-state index contributed by atoms with van der Waals surface area (Å²) in [4.78, 5) is 6.42. The van der Waals surface area contributed by atoms with Gasteiger partial charge in [0.25, 0.3) is 0 Å². The lowest BCUT2D eigenvalue weighted by atomic mass is 10.2. The highest BCUT2D eigenvalue weighted by Crippen LogP contribution is 2.05. The highest BCUT2D eigenvalue weighted by Gasteiger charge is 2.15. The summed E-state index contributed by atoms with van der Waals surface area (Å²) in [6, 6.07) is 0. The summed E-state index contributed by atoms with van der Waals surface area (Å²) in [5, 5.41) is 9.53. The van der Waals surface area contributed by atoms with Crippen LogP contribution in [-0.2, 0) is 0 Å². The first kappa shape index (κ1) is 9.52. The van der Waals surface area contributed by atoms with Gasteiger partial charge < -0.3 is 10.0 Å². The fourth-order valence-electron chi connectivity index (χ4n) is 1.50. The molecule has 0 saturated heterocycles. The second kappa shape index (κ2) is 4.45. The molecule has 0 spiro atoms. The molecule has 0 aromatic carbocycles. The van der Waals surface area contributed by atoms with Gasteiger partial charge in [-0.1, -0.05) is 13.3 Å². The summed E-state index contributed by atoms with van der Waals surface area (Å²) in [6.07, 6.45) is 1.76. The monoisotopic (exact) mass is 170 g/mol. The van der Waals surface area contributed by atoms with Gasteiger partial charge in [-0.3, -0.25) is 4.99 Å². The third kappa shape index (κ3) is 2.48. The molecular formula is C9H18N2O. The SMILES string of the molecule is CCCC(O)CN1CCN=C1C. The van der Waals surface area contributed by atoms with Crippen LogP contribution >= 0.6 is 0 Å². The van der Waals surface area contributed by atoms with Crippen molar-refractivity contribution in [3.8, 4) is 0 Å². The maximum Gasteiger partial charge on any atom is 0.0959 e. The van der Waals surface area contributed by atoms with Crippen molar-refractivity contribution in [2.24, 2.45) is 4.99 Å². The van der Waals surface area contributed by atoms with E-state index in [0.717, 1.165) is 38.3 Å². The van der Waals surface area contributed by atoms with Crippen LogP contribution in [0.5, 0.6) is 0 Å². The van der Waals surface area contributed by atoms with Crippen molar-refractivity contribution in [2.45, 2.75) is 32.8 Å². The van der Waals surface area contributed by atoms with Crippen molar-refractivity contribution in [3.63, 3.8) is 0 Å². The first-order valence-corrected chi connectivity index (χ1v) is 4.68. The number of amidine groups is 1. The maximum absolute atomic E-state index is 9.53. The van der Waals surface area contributed by atoms with E-state index in [-0.39, 0.29) is 6.10 Å². The molecule has 0 radical (unpaired) electrons. The van der Waals surface area contributed by atoms with Crippen LogP contribution in [0.3, 0.4) is 0 Å². The number of β-amino-alcohol motifs (C(OH)–C–C–N with tert-alkyl or cyclic N) is 1. The molecule has 3 heteroatoms. The fraction of sp³-hybridized carbons (Fsp3) is 0.889. The molecule has 0 bridgehead atoms. The zero-order valence-electron chi connectivity index (χ0n) is 7.95. The van der Waals surface area contributed by atoms with E-state index in [9.17, 15) is 5.11 Å². The molecule has 1 aliphatic heterocycles. The summed E-state index contributed by atoms with van der Waals surface area (Å²) in [5.41, 5.74) is 0. The Labute approximate surface area is 74.1 Å². The Balaban J connectivity index is 2.26. The van der Waals surface area contributed by atoms with Crippen molar-refractivity contribution in [3.05, 3.63) is 0 Å². The molecule has 0 aliphatic carbocycles. The van der Waals surface area contributed by atoms with E-state index in [0.29, 0.717) is 0 Å². The van der Waals surface area contributed by atoms with Gasteiger partial charge in [-0.15, -0.1) is 0 Å². The molecule has 1 atom stereocenters. The van der Waals surface area contributed by atoms with E-state index in [4.69, 9.17) is 0 Å². The lowest BCUT2D eigenvalue weighted by Gasteiger charge is -2.21. The van der Waals surface area contributed by atoms with E-state index in [1.165, 1.54) is 0 Å². The molecule has 3 nitrogen and oxygen atoms in total. The van der Waals surface area contributed by atoms with Crippen LogP contribution in [0.4, 0.5) is 0 Å². The van der Waals surface area contributed by atoms with Gasteiger partial charge in [0.15, 0.2) is 0 Å². The van der Waals surface area contributed by atoms with Crippen LogP contribution in [0.25, 0.3) is 0 Å². The van der Waals surface area contributed by atoms with Crippen molar-refractivity contribution in [1.29, 1.82) is 0 Å². The van der Waals surface area contributed by atoms with Crippen molar-refractivity contribution in [2.75, 3.05) is 19.6 Å². The second-order valence-electron chi connectivity index (χ2n) is 3.32. The molecule has 0 saturated carbocycles. The smallest absolute Gasteiger partial charge is 0.0959 e. The Morgan fingerprint density at radius 3 is 2.92 bits per heavy atom. The molecule has 0 fully saturated rings. The Kier molecular flexibility index (Phi) is 3.53. The van der Waals surface area contributed by atoms with Gasteiger partial charge in [0.2, 0.25) is 0 Å². The molecule has 1 N–H and O–H groups in total. The predicted molar refractivity (Wildman–Crippen MR) is 50.5 cm³/mol. The third-order valence-electron chi connectivity index (χ3n) is 2.22. The van der Waals surface area contributed by atoms with E-state index in [1.807, 2.05) is 6.92 Å². The lowest BCUT2D eigenvalue weighted by molar-refractivity contribution is 0.135. The van der Waals surface area contributed by atoms with Crippen LogP contribution in [0.1, 0.15) is 26.7 Å². The van der Waals surface area contributed by atoms with Crippen molar-refractivity contribution in [1.82, 2.24) is 4.90 Å². The first-order chi connectivity index (χ1) is 5.74. The van der Waals surface area contributed by atoms with Gasteiger partial charge in [0.05, 0.1) is 18.5 Å². The number of aliphatic hydroxyl groups is 1. The van der Waals surface area contributed by atoms with E-state index in [1.54, 1.807) is 0 Å². The van der Waals surface area contributed by atoms with Crippen LogP contribution in [0, 0.1) is 0 Å². The number of rotatable bonds is 4. The number of hydrogen-bond donors (Lipinski definition) is 1. The van der Waals surface area contributed by atoms with Crippen LogP contribution in [-0.4, -0.2) is 41.6 Å². The van der Waals surface area contributed by atoms with Crippen molar-refractivity contribution < 1.29 is 5.11 Å². The molecule has 1 heterocycles. The molecule has 70 valence electrons. The Morgan fingerprint density at radius 2 is 2.42 bits per heavy atom. The first-order valence-electron chi connectivity index (χ1n) is 4.68. The average Bonchev–Trinajstić information content (AvgIpc) is 2.37. The Morgan fingerprint density at radius 1 is 1.67 bits per heavy atom. The molecule has 0 amide bonds. The Bertz CT molecular complexity index is 168. The molecule has 12 heavy (non-hydrogen) atoms. The topological polar surface area (TPSA) is 35.8 Å². The molecule has 0 aromatic heterocycles. The molecular weight excluding hydrogens is 152 g/mol. The third-order valence-corrected chi connectivity index (χ3v) is 2.22. The molecule has 0 aromatic rings. The summed E-state index contributed by atoms with van der Waals surface area (Å²) < 4.78 is 0. The lowest BCUT2D eigenvalue weighted by Crippen LogP contribution is -2.33. The second-order valence-corrected chi connectivity index (χ2v) is 3.32. The zero-order chi connectivity index (χ0) is 8.97. The molecule has 1 rings (SSSR count). The largest absolute Gasteiger partial charge is 0.391 e. The van der Waals surface area contributed by atoms with E-state index >= 15 is 0 Å². The van der Waals surface area contributed by atoms with Crippen LogP contribution in [0.15, 0.2) is 4.99 Å². The quantitative estimate of drug-likeness (QED) is 0.680. The van der Waals surface area contributed by atoms with Gasteiger partial charge in [-0.2, -0.15) is 0 Å². The van der Waals surface area contributed by atoms with Gasteiger partial charge in [0, 0.05) is 13.1 Å². The fourth-order valence-corrected chi connectivity index (χ4v) is 1.50. The van der Waals surface area contributed by atoms with Crippen molar-refractivity contribution >= 4 is 5.84 Å². The number of nitrogens with zero attached hydrogens (tertiary/aromatic N) is 2. The minimum Gasteiger partial charge on any atom is -0.391 e. The standard InChI is InChI=1S/C9H18N2O/c1-3-4-9(12)7-11-6-5-10-8(11)2/h9,12H,3-7H2,1-2H3. The number of aliphatic imine (C=N–C) groups is 1.